The van der Waals surface area contributed by atoms with Gasteiger partial charge in [0.2, 0.25) is 0 Å². The van der Waals surface area contributed by atoms with Crippen LogP contribution in [0.3, 0.4) is 0 Å². The zero-order valence-electron chi connectivity index (χ0n) is 11.7. The van der Waals surface area contributed by atoms with Crippen LogP contribution < -0.4 is 0 Å². The van der Waals surface area contributed by atoms with Crippen molar-refractivity contribution in [1.29, 1.82) is 0 Å². The lowest BCUT2D eigenvalue weighted by Crippen LogP contribution is -2.39. The summed E-state index contributed by atoms with van der Waals surface area (Å²) >= 11 is 5.91. The molecule has 0 aromatic carbocycles. The van der Waals surface area contributed by atoms with E-state index in [-0.39, 0.29) is 0 Å². The minimum Gasteiger partial charge on any atom is -0.382 e. The molecule has 0 aromatic rings. The molecule has 1 rings (SSSR count). The summed E-state index contributed by atoms with van der Waals surface area (Å²) < 4.78 is 10.5. The number of methoxy groups -OCH3 is 1. The maximum absolute atomic E-state index is 5.91. The van der Waals surface area contributed by atoms with Crippen LogP contribution in [0.25, 0.3) is 0 Å². The molecule has 4 heteroatoms. The van der Waals surface area contributed by atoms with E-state index in [0.29, 0.717) is 13.2 Å². The fourth-order valence-corrected chi connectivity index (χ4v) is 2.86. The van der Waals surface area contributed by atoms with E-state index in [2.05, 4.69) is 4.90 Å². The Morgan fingerprint density at radius 3 is 2.50 bits per heavy atom. The maximum atomic E-state index is 5.91. The molecule has 108 valence electrons. The lowest BCUT2D eigenvalue weighted by molar-refractivity contribution is 0.0613. The molecule has 0 aliphatic heterocycles. The summed E-state index contributed by atoms with van der Waals surface area (Å²) in [6.45, 7) is 4.35. The highest BCUT2D eigenvalue weighted by Crippen LogP contribution is 2.22. The maximum Gasteiger partial charge on any atom is 0.0700 e. The Kier molecular flexibility index (Phi) is 9.95. The molecule has 0 atom stereocenters. The standard InChI is InChI=1S/C14H28ClNO2/c1-17-12-13-18-11-5-9-16(10-8-15)14-6-3-2-4-7-14/h14H,2-13H2,1H3. The van der Waals surface area contributed by atoms with Gasteiger partial charge in [-0.3, -0.25) is 4.90 Å². The number of halogens is 1. The topological polar surface area (TPSA) is 21.7 Å². The van der Waals surface area contributed by atoms with Crippen LogP contribution in [0.5, 0.6) is 0 Å². The summed E-state index contributed by atoms with van der Waals surface area (Å²) in [7, 11) is 1.70. The van der Waals surface area contributed by atoms with Gasteiger partial charge in [-0.05, 0) is 19.3 Å². The molecular formula is C14H28ClNO2. The van der Waals surface area contributed by atoms with Gasteiger partial charge in [-0.2, -0.15) is 0 Å². The number of hydrogen-bond acceptors (Lipinski definition) is 3. The highest BCUT2D eigenvalue weighted by Gasteiger charge is 2.19. The molecule has 0 spiro atoms. The van der Waals surface area contributed by atoms with Crippen LogP contribution in [-0.2, 0) is 9.47 Å². The molecule has 0 radical (unpaired) electrons. The van der Waals surface area contributed by atoms with E-state index in [1.807, 2.05) is 0 Å². The predicted octanol–water partition coefficient (Wildman–Crippen LogP) is 2.91. The van der Waals surface area contributed by atoms with Crippen LogP contribution in [0.4, 0.5) is 0 Å². The van der Waals surface area contributed by atoms with Crippen LogP contribution in [0.2, 0.25) is 0 Å². The van der Waals surface area contributed by atoms with Crippen molar-refractivity contribution in [1.82, 2.24) is 4.90 Å². The first-order valence-corrected chi connectivity index (χ1v) is 7.78. The number of ether oxygens (including phenoxy) is 2. The Morgan fingerprint density at radius 2 is 1.83 bits per heavy atom. The van der Waals surface area contributed by atoms with E-state index in [9.17, 15) is 0 Å². The Morgan fingerprint density at radius 1 is 1.06 bits per heavy atom. The van der Waals surface area contributed by atoms with Crippen LogP contribution in [0, 0.1) is 0 Å². The molecule has 0 heterocycles. The Labute approximate surface area is 117 Å². The highest BCUT2D eigenvalue weighted by molar-refractivity contribution is 6.18. The van der Waals surface area contributed by atoms with Crippen molar-refractivity contribution in [2.75, 3.05) is 45.9 Å². The average Bonchev–Trinajstić information content (AvgIpc) is 2.42. The van der Waals surface area contributed by atoms with Gasteiger partial charge >= 0.3 is 0 Å². The third-order valence-corrected chi connectivity index (χ3v) is 3.80. The van der Waals surface area contributed by atoms with Gasteiger partial charge in [0, 0.05) is 38.7 Å². The smallest absolute Gasteiger partial charge is 0.0700 e. The molecule has 1 saturated carbocycles. The molecule has 1 aliphatic rings. The van der Waals surface area contributed by atoms with Crippen LogP contribution in [0.1, 0.15) is 38.5 Å². The van der Waals surface area contributed by atoms with E-state index in [1.54, 1.807) is 7.11 Å². The van der Waals surface area contributed by atoms with Crippen molar-refractivity contribution < 1.29 is 9.47 Å². The molecule has 0 amide bonds. The average molecular weight is 278 g/mol. The normalized spacial score (nSPS) is 17.5. The molecular weight excluding hydrogens is 250 g/mol. The van der Waals surface area contributed by atoms with Gasteiger partial charge in [-0.15, -0.1) is 11.6 Å². The van der Waals surface area contributed by atoms with E-state index < -0.39 is 0 Å². The second kappa shape index (κ2) is 11.0. The van der Waals surface area contributed by atoms with Crippen molar-refractivity contribution >= 4 is 11.6 Å². The lowest BCUT2D eigenvalue weighted by Gasteiger charge is -2.33. The second-order valence-corrected chi connectivity index (χ2v) is 5.35. The van der Waals surface area contributed by atoms with Crippen molar-refractivity contribution in [3.8, 4) is 0 Å². The lowest BCUT2D eigenvalue weighted by atomic mass is 9.94. The molecule has 0 N–H and O–H groups in total. The third kappa shape index (κ3) is 6.93. The molecule has 0 aromatic heterocycles. The van der Waals surface area contributed by atoms with Gasteiger partial charge < -0.3 is 9.47 Å². The van der Waals surface area contributed by atoms with Gasteiger partial charge in [0.05, 0.1) is 13.2 Å². The van der Waals surface area contributed by atoms with Crippen LogP contribution in [-0.4, -0.2) is 56.8 Å². The summed E-state index contributed by atoms with van der Waals surface area (Å²) in [6, 6.07) is 0.761. The third-order valence-electron chi connectivity index (χ3n) is 3.63. The molecule has 0 bridgehead atoms. The number of alkyl halides is 1. The first-order valence-electron chi connectivity index (χ1n) is 7.25. The minimum atomic E-state index is 0.689. The molecule has 3 nitrogen and oxygen atoms in total. The fraction of sp³-hybridized carbons (Fsp3) is 1.00. The zero-order chi connectivity index (χ0) is 13.1. The monoisotopic (exact) mass is 277 g/mol. The first-order chi connectivity index (χ1) is 8.88. The Bertz CT molecular complexity index is 187. The van der Waals surface area contributed by atoms with Gasteiger partial charge in [0.15, 0.2) is 0 Å². The molecule has 1 aliphatic carbocycles. The zero-order valence-corrected chi connectivity index (χ0v) is 12.5. The summed E-state index contributed by atoms with van der Waals surface area (Å²) in [4.78, 5) is 2.56. The summed E-state index contributed by atoms with van der Waals surface area (Å²) in [5.74, 6) is 0.737. The van der Waals surface area contributed by atoms with E-state index in [4.69, 9.17) is 21.1 Å². The Hall–Kier alpha value is 0.170. The van der Waals surface area contributed by atoms with Gasteiger partial charge in [0.1, 0.15) is 0 Å². The number of hydrogen-bond donors (Lipinski definition) is 0. The van der Waals surface area contributed by atoms with Gasteiger partial charge in [0.25, 0.3) is 0 Å². The SMILES string of the molecule is COCCOCCCN(CCCl)C1CCCCC1. The summed E-state index contributed by atoms with van der Waals surface area (Å²) in [6.07, 6.45) is 7.97. The van der Waals surface area contributed by atoms with Crippen LogP contribution >= 0.6 is 11.6 Å². The highest BCUT2D eigenvalue weighted by atomic mass is 35.5. The van der Waals surface area contributed by atoms with Crippen molar-refractivity contribution in [3.05, 3.63) is 0 Å². The molecule has 18 heavy (non-hydrogen) atoms. The van der Waals surface area contributed by atoms with Crippen molar-refractivity contribution in [2.24, 2.45) is 0 Å². The molecule has 0 unspecified atom stereocenters. The minimum absolute atomic E-state index is 0.689. The van der Waals surface area contributed by atoms with Crippen molar-refractivity contribution in [3.63, 3.8) is 0 Å². The van der Waals surface area contributed by atoms with Crippen LogP contribution in [0.15, 0.2) is 0 Å². The van der Waals surface area contributed by atoms with Gasteiger partial charge in [-0.1, -0.05) is 19.3 Å². The quantitative estimate of drug-likeness (QED) is 0.453. The number of rotatable bonds is 10. The van der Waals surface area contributed by atoms with E-state index >= 15 is 0 Å². The first kappa shape index (κ1) is 16.2. The fourth-order valence-electron chi connectivity index (χ4n) is 2.65. The molecule has 0 saturated heterocycles. The van der Waals surface area contributed by atoms with Crippen molar-refractivity contribution in [2.45, 2.75) is 44.6 Å². The van der Waals surface area contributed by atoms with E-state index in [0.717, 1.165) is 38.0 Å². The second-order valence-electron chi connectivity index (χ2n) is 4.98. The summed E-state index contributed by atoms with van der Waals surface area (Å²) in [5, 5.41) is 0. The van der Waals surface area contributed by atoms with E-state index in [1.165, 1.54) is 32.1 Å². The van der Waals surface area contributed by atoms with Gasteiger partial charge in [-0.25, -0.2) is 0 Å². The largest absolute Gasteiger partial charge is 0.382 e. The Balaban J connectivity index is 2.12. The number of nitrogens with zero attached hydrogens (tertiary/aromatic N) is 1. The predicted molar refractivity (Wildman–Crippen MR) is 76.5 cm³/mol. The molecule has 1 fully saturated rings. The summed E-state index contributed by atoms with van der Waals surface area (Å²) in [5.41, 5.74) is 0.